The molecule has 1 aliphatic carbocycles. The minimum Gasteiger partial charge on any atom is -0.493 e. The van der Waals surface area contributed by atoms with Crippen LogP contribution in [0.15, 0.2) is 18.2 Å². The number of likely N-dealkylation sites (N-methyl/N-ethyl adjacent to an activating group) is 1. The normalized spacial score (nSPS) is 34.4. The summed E-state index contributed by atoms with van der Waals surface area (Å²) in [6, 6.07) is 6.79. The Kier molecular flexibility index (Phi) is 4.18. The summed E-state index contributed by atoms with van der Waals surface area (Å²) in [6.45, 7) is 1.98. The summed E-state index contributed by atoms with van der Waals surface area (Å²) in [5.74, 6) is 1.93. The lowest BCUT2D eigenvalue weighted by atomic mass is 9.58. The highest BCUT2D eigenvalue weighted by Crippen LogP contribution is 2.57. The van der Waals surface area contributed by atoms with Crippen LogP contribution in [0.4, 0.5) is 0 Å². The Bertz CT molecular complexity index is 721. The van der Waals surface area contributed by atoms with Crippen molar-refractivity contribution in [3.63, 3.8) is 0 Å². The Hall–Kier alpha value is -1.75. The summed E-state index contributed by atoms with van der Waals surface area (Å²) < 4.78 is 11.0. The van der Waals surface area contributed by atoms with Crippen LogP contribution >= 0.6 is 0 Å². The molecule has 0 bridgehead atoms. The number of ether oxygens (including phenoxy) is 2. The zero-order valence-electron chi connectivity index (χ0n) is 16.4. The summed E-state index contributed by atoms with van der Waals surface area (Å²) in [5.41, 5.74) is 1.30. The lowest BCUT2D eigenvalue weighted by molar-refractivity contribution is -0.138. The molecule has 3 aliphatic rings. The van der Waals surface area contributed by atoms with Crippen LogP contribution in [0.3, 0.4) is 0 Å². The maximum Gasteiger partial charge on any atom is 0.228 e. The second-order valence-corrected chi connectivity index (χ2v) is 8.43. The van der Waals surface area contributed by atoms with Gasteiger partial charge in [0.1, 0.15) is 0 Å². The fourth-order valence-corrected chi connectivity index (χ4v) is 5.74. The molecule has 4 rings (SSSR count). The van der Waals surface area contributed by atoms with Crippen molar-refractivity contribution in [1.29, 1.82) is 0 Å². The topological polar surface area (TPSA) is 42.0 Å². The van der Waals surface area contributed by atoms with Gasteiger partial charge in [-0.1, -0.05) is 6.07 Å². The fourth-order valence-electron chi connectivity index (χ4n) is 5.74. The Labute approximate surface area is 156 Å². The van der Waals surface area contributed by atoms with Crippen molar-refractivity contribution < 1.29 is 14.3 Å². The number of likely N-dealkylation sites (tertiary alicyclic amines) is 2. The van der Waals surface area contributed by atoms with Crippen molar-refractivity contribution in [1.82, 2.24) is 9.80 Å². The summed E-state index contributed by atoms with van der Waals surface area (Å²) >= 11 is 0. The minimum absolute atomic E-state index is 0.112. The molecule has 2 aliphatic heterocycles. The van der Waals surface area contributed by atoms with Gasteiger partial charge in [-0.05, 0) is 63.4 Å². The highest BCUT2D eigenvalue weighted by atomic mass is 16.5. The van der Waals surface area contributed by atoms with Crippen LogP contribution in [-0.4, -0.2) is 63.2 Å². The van der Waals surface area contributed by atoms with Crippen molar-refractivity contribution >= 4 is 5.91 Å². The monoisotopic (exact) mass is 358 g/mol. The van der Waals surface area contributed by atoms with E-state index in [1.807, 2.05) is 18.0 Å². The molecule has 1 spiro atoms. The van der Waals surface area contributed by atoms with Gasteiger partial charge in [0, 0.05) is 25.0 Å². The SMILES string of the molecule is COc1ccc(C23CCN(C)C2CC2(CCN(C)C2=O)CC3)cc1OC. The van der Waals surface area contributed by atoms with Crippen molar-refractivity contribution in [2.45, 2.75) is 43.6 Å². The van der Waals surface area contributed by atoms with Gasteiger partial charge in [-0.25, -0.2) is 0 Å². The van der Waals surface area contributed by atoms with Crippen LogP contribution in [-0.2, 0) is 10.2 Å². The molecule has 3 fully saturated rings. The molecule has 2 heterocycles. The Balaban J connectivity index is 1.71. The van der Waals surface area contributed by atoms with Gasteiger partial charge in [0.2, 0.25) is 5.91 Å². The van der Waals surface area contributed by atoms with Gasteiger partial charge < -0.3 is 19.3 Å². The first kappa shape index (κ1) is 17.7. The molecule has 2 saturated heterocycles. The minimum atomic E-state index is -0.141. The van der Waals surface area contributed by atoms with Gasteiger partial charge in [-0.2, -0.15) is 0 Å². The van der Waals surface area contributed by atoms with Gasteiger partial charge in [0.25, 0.3) is 0 Å². The standard InChI is InChI=1S/C21H30N2O3/c1-22-12-10-21(15-5-6-16(25-3)17(13-15)26-4)8-7-20(14-18(21)22)9-11-23(2)19(20)24/h5-6,13,18H,7-12,14H2,1-4H3. The summed E-state index contributed by atoms with van der Waals surface area (Å²) in [7, 11) is 7.54. The van der Waals surface area contributed by atoms with E-state index in [9.17, 15) is 4.79 Å². The van der Waals surface area contributed by atoms with E-state index < -0.39 is 0 Å². The summed E-state index contributed by atoms with van der Waals surface area (Å²) in [6.07, 6.45) is 5.19. The number of carbonyl (C=O) groups is 1. The molecule has 5 nitrogen and oxygen atoms in total. The van der Waals surface area contributed by atoms with E-state index >= 15 is 0 Å². The summed E-state index contributed by atoms with van der Waals surface area (Å²) in [5, 5.41) is 0. The number of benzene rings is 1. The average molecular weight is 358 g/mol. The van der Waals surface area contributed by atoms with E-state index in [-0.39, 0.29) is 10.8 Å². The van der Waals surface area contributed by atoms with E-state index in [1.165, 1.54) is 5.56 Å². The molecular weight excluding hydrogens is 328 g/mol. The lowest BCUT2D eigenvalue weighted by Gasteiger charge is -2.48. The van der Waals surface area contributed by atoms with Crippen molar-refractivity contribution in [3.05, 3.63) is 23.8 Å². The van der Waals surface area contributed by atoms with Gasteiger partial charge in [-0.3, -0.25) is 4.79 Å². The maximum atomic E-state index is 12.9. The van der Waals surface area contributed by atoms with Crippen molar-refractivity contribution in [2.75, 3.05) is 41.4 Å². The molecule has 3 atom stereocenters. The molecule has 3 unspecified atom stereocenters. The van der Waals surface area contributed by atoms with Crippen LogP contribution in [0.1, 0.15) is 37.7 Å². The quantitative estimate of drug-likeness (QED) is 0.833. The maximum absolute atomic E-state index is 12.9. The second-order valence-electron chi connectivity index (χ2n) is 8.43. The molecule has 142 valence electrons. The molecule has 0 N–H and O–H groups in total. The third kappa shape index (κ3) is 2.36. The largest absolute Gasteiger partial charge is 0.493 e. The Morgan fingerprint density at radius 2 is 1.77 bits per heavy atom. The molecular formula is C21H30N2O3. The molecule has 1 aromatic carbocycles. The molecule has 1 saturated carbocycles. The molecule has 0 aromatic heterocycles. The number of carbonyl (C=O) groups excluding carboxylic acids is 1. The van der Waals surface area contributed by atoms with E-state index in [0.29, 0.717) is 11.9 Å². The van der Waals surface area contributed by atoms with Crippen LogP contribution < -0.4 is 9.47 Å². The first-order chi connectivity index (χ1) is 12.5. The highest BCUT2D eigenvalue weighted by Gasteiger charge is 2.58. The van der Waals surface area contributed by atoms with Crippen LogP contribution in [0.25, 0.3) is 0 Å². The van der Waals surface area contributed by atoms with Gasteiger partial charge in [0.15, 0.2) is 11.5 Å². The highest BCUT2D eigenvalue weighted by molar-refractivity contribution is 5.85. The number of nitrogens with zero attached hydrogens (tertiary/aromatic N) is 2. The van der Waals surface area contributed by atoms with Crippen molar-refractivity contribution in [3.8, 4) is 11.5 Å². The van der Waals surface area contributed by atoms with E-state index in [0.717, 1.165) is 56.7 Å². The predicted octanol–water partition coefficient (Wildman–Crippen LogP) is 2.68. The number of hydrogen-bond donors (Lipinski definition) is 0. The predicted molar refractivity (Wildman–Crippen MR) is 101 cm³/mol. The smallest absolute Gasteiger partial charge is 0.228 e. The van der Waals surface area contributed by atoms with Gasteiger partial charge >= 0.3 is 0 Å². The van der Waals surface area contributed by atoms with Crippen LogP contribution in [0.5, 0.6) is 11.5 Å². The molecule has 5 heteroatoms. The fraction of sp³-hybridized carbons (Fsp3) is 0.667. The van der Waals surface area contributed by atoms with Crippen molar-refractivity contribution in [2.24, 2.45) is 5.41 Å². The number of hydrogen-bond acceptors (Lipinski definition) is 4. The van der Waals surface area contributed by atoms with E-state index in [4.69, 9.17) is 9.47 Å². The zero-order valence-corrected chi connectivity index (χ0v) is 16.4. The molecule has 1 amide bonds. The van der Waals surface area contributed by atoms with E-state index in [1.54, 1.807) is 14.2 Å². The third-order valence-corrected chi connectivity index (χ3v) is 7.40. The molecule has 1 aromatic rings. The Morgan fingerprint density at radius 1 is 1.00 bits per heavy atom. The molecule has 0 radical (unpaired) electrons. The summed E-state index contributed by atoms with van der Waals surface area (Å²) in [4.78, 5) is 17.3. The van der Waals surface area contributed by atoms with Gasteiger partial charge in [-0.15, -0.1) is 0 Å². The number of fused-ring (bicyclic) bond motifs is 1. The first-order valence-electron chi connectivity index (χ1n) is 9.64. The van der Waals surface area contributed by atoms with Crippen LogP contribution in [0.2, 0.25) is 0 Å². The lowest BCUT2D eigenvalue weighted by Crippen LogP contribution is -2.51. The Morgan fingerprint density at radius 3 is 2.42 bits per heavy atom. The zero-order chi connectivity index (χ0) is 18.5. The van der Waals surface area contributed by atoms with Gasteiger partial charge in [0.05, 0.1) is 19.6 Å². The first-order valence-corrected chi connectivity index (χ1v) is 9.64. The number of rotatable bonds is 3. The van der Waals surface area contributed by atoms with E-state index in [2.05, 4.69) is 24.1 Å². The second kappa shape index (κ2) is 6.15. The third-order valence-electron chi connectivity index (χ3n) is 7.40. The number of methoxy groups -OCH3 is 2. The van der Waals surface area contributed by atoms with Crippen LogP contribution in [0, 0.1) is 5.41 Å². The molecule has 26 heavy (non-hydrogen) atoms. The average Bonchev–Trinajstić information content (AvgIpc) is 3.14. The number of amides is 1.